The fourth-order valence-electron chi connectivity index (χ4n) is 2.95. The van der Waals surface area contributed by atoms with Crippen LogP contribution in [-0.4, -0.2) is 56.7 Å². The molecule has 0 N–H and O–H groups in total. The van der Waals surface area contributed by atoms with E-state index in [4.69, 9.17) is 4.74 Å². The third-order valence-corrected chi connectivity index (χ3v) is 6.47. The average molecular weight is 402 g/mol. The van der Waals surface area contributed by atoms with Crippen molar-refractivity contribution in [1.29, 1.82) is 0 Å². The maximum atomic E-state index is 13.0. The summed E-state index contributed by atoms with van der Waals surface area (Å²) in [5.41, 5.74) is 2.22. The van der Waals surface area contributed by atoms with Crippen LogP contribution in [0.1, 0.15) is 21.5 Å². The van der Waals surface area contributed by atoms with Crippen molar-refractivity contribution in [1.82, 2.24) is 9.21 Å². The van der Waals surface area contributed by atoms with E-state index in [0.29, 0.717) is 19.5 Å². The molecule has 8 heteroatoms. The lowest BCUT2D eigenvalue weighted by molar-refractivity contribution is -0.131. The molecule has 3 rings (SSSR count). The van der Waals surface area contributed by atoms with Gasteiger partial charge in [-0.25, -0.2) is 13.2 Å². The van der Waals surface area contributed by atoms with E-state index in [2.05, 4.69) is 0 Å². The van der Waals surface area contributed by atoms with Crippen molar-refractivity contribution in [3.05, 3.63) is 65.2 Å². The highest BCUT2D eigenvalue weighted by Crippen LogP contribution is 2.25. The molecule has 2 aromatic carbocycles. The molecule has 0 atom stereocenters. The van der Waals surface area contributed by atoms with Crippen molar-refractivity contribution in [2.45, 2.75) is 17.9 Å². The zero-order chi connectivity index (χ0) is 20.3. The van der Waals surface area contributed by atoms with Crippen molar-refractivity contribution in [3.8, 4) is 0 Å². The number of benzene rings is 2. The Morgan fingerprint density at radius 2 is 1.79 bits per heavy atom. The fourth-order valence-corrected chi connectivity index (χ4v) is 4.41. The molecule has 148 valence electrons. The molecule has 0 aliphatic carbocycles. The normalized spacial score (nSPS) is 14.2. The standard InChI is InChI=1S/C20H22N2O5S/c1-21(2)19(23)14-27-20(24)16-8-5-9-18(12-16)28(25,26)22-11-10-15-6-3-4-7-17(15)13-22/h3-9,12H,10-11,13-14H2,1-2H3. The van der Waals surface area contributed by atoms with Crippen LogP contribution < -0.4 is 0 Å². The monoisotopic (exact) mass is 402 g/mol. The maximum absolute atomic E-state index is 13.0. The Morgan fingerprint density at radius 3 is 2.50 bits per heavy atom. The van der Waals surface area contributed by atoms with Crippen molar-refractivity contribution >= 4 is 21.9 Å². The van der Waals surface area contributed by atoms with Gasteiger partial charge in [-0.15, -0.1) is 0 Å². The highest BCUT2D eigenvalue weighted by molar-refractivity contribution is 7.89. The molecule has 0 aromatic heterocycles. The van der Waals surface area contributed by atoms with E-state index in [1.165, 1.54) is 33.5 Å². The lowest BCUT2D eigenvalue weighted by Crippen LogP contribution is -2.36. The predicted octanol–water partition coefficient (Wildman–Crippen LogP) is 1.68. The SMILES string of the molecule is CN(C)C(=O)COC(=O)c1cccc(S(=O)(=O)N2CCc3ccccc3C2)c1. The molecule has 1 heterocycles. The van der Waals surface area contributed by atoms with Gasteiger partial charge in [-0.1, -0.05) is 30.3 Å². The predicted molar refractivity (Wildman–Crippen MR) is 103 cm³/mol. The molecule has 28 heavy (non-hydrogen) atoms. The topological polar surface area (TPSA) is 84.0 Å². The van der Waals surface area contributed by atoms with Gasteiger partial charge in [0.1, 0.15) is 0 Å². The van der Waals surface area contributed by atoms with Crippen molar-refractivity contribution in [2.24, 2.45) is 0 Å². The number of amides is 1. The minimum Gasteiger partial charge on any atom is -0.452 e. The van der Waals surface area contributed by atoms with Crippen molar-refractivity contribution in [3.63, 3.8) is 0 Å². The zero-order valence-corrected chi connectivity index (χ0v) is 16.6. The average Bonchev–Trinajstić information content (AvgIpc) is 2.71. The van der Waals surface area contributed by atoms with Gasteiger partial charge in [-0.05, 0) is 35.7 Å². The molecule has 7 nitrogen and oxygen atoms in total. The first-order chi connectivity index (χ1) is 13.3. The lowest BCUT2D eigenvalue weighted by Gasteiger charge is -2.28. The Kier molecular flexibility index (Phi) is 5.81. The Balaban J connectivity index is 1.77. The van der Waals surface area contributed by atoms with Crippen LogP contribution in [-0.2, 0) is 32.5 Å². The van der Waals surface area contributed by atoms with E-state index in [1.807, 2.05) is 24.3 Å². The van der Waals surface area contributed by atoms with Gasteiger partial charge in [-0.2, -0.15) is 4.31 Å². The number of ether oxygens (including phenoxy) is 1. The van der Waals surface area contributed by atoms with Crippen molar-refractivity contribution < 1.29 is 22.7 Å². The van der Waals surface area contributed by atoms with E-state index < -0.39 is 22.6 Å². The van der Waals surface area contributed by atoms with E-state index in [9.17, 15) is 18.0 Å². The van der Waals surface area contributed by atoms with Crippen LogP contribution in [0.3, 0.4) is 0 Å². The van der Waals surface area contributed by atoms with Gasteiger partial charge in [0.05, 0.1) is 10.5 Å². The van der Waals surface area contributed by atoms with Crippen LogP contribution >= 0.6 is 0 Å². The second-order valence-electron chi connectivity index (χ2n) is 6.75. The summed E-state index contributed by atoms with van der Waals surface area (Å²) in [6.45, 7) is 0.279. The third kappa shape index (κ3) is 4.23. The van der Waals surface area contributed by atoms with Crippen molar-refractivity contribution in [2.75, 3.05) is 27.2 Å². The van der Waals surface area contributed by atoms with Gasteiger partial charge in [-0.3, -0.25) is 4.79 Å². The molecule has 0 unspecified atom stereocenters. The number of hydrogen-bond donors (Lipinski definition) is 0. The van der Waals surface area contributed by atoms with Crippen LogP contribution in [0.15, 0.2) is 53.4 Å². The van der Waals surface area contributed by atoms with Gasteiger partial charge in [0, 0.05) is 27.2 Å². The second-order valence-corrected chi connectivity index (χ2v) is 8.69. The van der Waals surface area contributed by atoms with Gasteiger partial charge < -0.3 is 9.64 Å². The third-order valence-electron chi connectivity index (χ3n) is 4.63. The number of fused-ring (bicyclic) bond motifs is 1. The first-order valence-corrected chi connectivity index (χ1v) is 10.3. The molecule has 0 radical (unpaired) electrons. The molecule has 1 amide bonds. The summed E-state index contributed by atoms with van der Waals surface area (Å²) < 4.78 is 32.5. The first kappa shape index (κ1) is 20.0. The summed E-state index contributed by atoms with van der Waals surface area (Å²) in [5, 5.41) is 0. The number of likely N-dealkylation sites (N-methyl/N-ethyl adjacent to an activating group) is 1. The summed E-state index contributed by atoms with van der Waals surface area (Å²) >= 11 is 0. The van der Waals surface area contributed by atoms with E-state index in [-0.39, 0.29) is 16.4 Å². The highest BCUT2D eigenvalue weighted by Gasteiger charge is 2.28. The Morgan fingerprint density at radius 1 is 1.07 bits per heavy atom. The number of rotatable bonds is 5. The van der Waals surface area contributed by atoms with Crippen LogP contribution in [0.2, 0.25) is 0 Å². The smallest absolute Gasteiger partial charge is 0.338 e. The van der Waals surface area contributed by atoms with E-state index in [1.54, 1.807) is 14.1 Å². The number of sulfonamides is 1. The number of esters is 1. The van der Waals surface area contributed by atoms with E-state index in [0.717, 1.165) is 11.1 Å². The number of hydrogen-bond acceptors (Lipinski definition) is 5. The largest absolute Gasteiger partial charge is 0.452 e. The summed E-state index contributed by atoms with van der Waals surface area (Å²) in [6.07, 6.45) is 0.643. The van der Waals surface area contributed by atoms with E-state index >= 15 is 0 Å². The van der Waals surface area contributed by atoms with Crippen LogP contribution in [0.5, 0.6) is 0 Å². The van der Waals surface area contributed by atoms with Crippen LogP contribution in [0, 0.1) is 0 Å². The van der Waals surface area contributed by atoms with Gasteiger partial charge in [0.15, 0.2) is 6.61 Å². The quantitative estimate of drug-likeness (QED) is 0.711. The number of carbonyl (C=O) groups excluding carboxylic acids is 2. The zero-order valence-electron chi connectivity index (χ0n) is 15.8. The van der Waals surface area contributed by atoms with Gasteiger partial charge in [0.2, 0.25) is 10.0 Å². The summed E-state index contributed by atoms with van der Waals surface area (Å²) in [7, 11) is -0.644. The Hall–Kier alpha value is -2.71. The Labute approximate surface area is 164 Å². The molecule has 0 bridgehead atoms. The molecule has 2 aromatic rings. The minimum absolute atomic E-state index is 0.0280. The molecule has 0 saturated heterocycles. The van der Waals surface area contributed by atoms with Gasteiger partial charge in [0.25, 0.3) is 5.91 Å². The first-order valence-electron chi connectivity index (χ1n) is 8.83. The number of carbonyl (C=O) groups is 2. The highest BCUT2D eigenvalue weighted by atomic mass is 32.2. The fraction of sp³-hybridized carbons (Fsp3) is 0.300. The molecule has 1 aliphatic rings. The maximum Gasteiger partial charge on any atom is 0.338 e. The van der Waals surface area contributed by atoms with Crippen LogP contribution in [0.25, 0.3) is 0 Å². The molecule has 1 aliphatic heterocycles. The lowest BCUT2D eigenvalue weighted by atomic mass is 10.0. The Bertz CT molecular complexity index is 1000. The second kappa shape index (κ2) is 8.12. The van der Waals surface area contributed by atoms with Gasteiger partial charge >= 0.3 is 5.97 Å². The van der Waals surface area contributed by atoms with Crippen LogP contribution in [0.4, 0.5) is 0 Å². The molecular formula is C20H22N2O5S. The minimum atomic E-state index is -3.76. The molecule has 0 saturated carbocycles. The molecule has 0 spiro atoms. The molecular weight excluding hydrogens is 380 g/mol. The summed E-state index contributed by atoms with van der Waals surface area (Å²) in [5.74, 6) is -1.10. The summed E-state index contributed by atoms with van der Waals surface area (Å²) in [6, 6.07) is 13.5. The molecule has 0 fully saturated rings. The number of nitrogens with zero attached hydrogens (tertiary/aromatic N) is 2. The summed E-state index contributed by atoms with van der Waals surface area (Å²) in [4.78, 5) is 25.1.